The quantitative estimate of drug-likeness (QED) is 0.370. The first-order valence-electron chi connectivity index (χ1n) is 8.30. The van der Waals surface area contributed by atoms with Crippen molar-refractivity contribution in [1.29, 1.82) is 0 Å². The normalized spacial score (nSPS) is 15.1. The molecule has 0 saturated carbocycles. The maximum atomic E-state index is 12.3. The number of carbonyl (C=O) groups excluding carboxylic acids is 2. The third-order valence-corrected chi connectivity index (χ3v) is 4.05. The van der Waals surface area contributed by atoms with Crippen LogP contribution >= 0.6 is 24.0 Å². The second-order valence-electron chi connectivity index (χ2n) is 6.02. The Kier molecular flexibility index (Phi) is 9.04. The molecule has 1 aliphatic heterocycles. The molecule has 1 saturated heterocycles. The predicted molar refractivity (Wildman–Crippen MR) is 107 cm³/mol. The fraction of sp³-hybridized carbons (Fsp3) is 0.562. The molecule has 0 bridgehead atoms. The highest BCUT2D eigenvalue weighted by molar-refractivity contribution is 14.0. The van der Waals surface area contributed by atoms with E-state index in [0.29, 0.717) is 37.0 Å². The van der Waals surface area contributed by atoms with Gasteiger partial charge in [-0.3, -0.25) is 14.6 Å². The highest BCUT2D eigenvalue weighted by atomic mass is 127. The number of amides is 2. The molecular formula is C16H23F3IN5O3. The molecule has 0 spiro atoms. The summed E-state index contributed by atoms with van der Waals surface area (Å²) < 4.78 is 42.1. The van der Waals surface area contributed by atoms with Crippen LogP contribution in [0, 0.1) is 0 Å². The van der Waals surface area contributed by atoms with Crippen LogP contribution in [0.2, 0.25) is 0 Å². The fourth-order valence-electron chi connectivity index (χ4n) is 2.66. The van der Waals surface area contributed by atoms with Crippen molar-refractivity contribution in [3.05, 3.63) is 24.2 Å². The second kappa shape index (κ2) is 10.5. The van der Waals surface area contributed by atoms with Gasteiger partial charge in [-0.2, -0.15) is 13.2 Å². The van der Waals surface area contributed by atoms with Crippen molar-refractivity contribution in [2.24, 2.45) is 4.99 Å². The molecular weight excluding hydrogens is 494 g/mol. The van der Waals surface area contributed by atoms with Gasteiger partial charge in [0.1, 0.15) is 6.54 Å². The number of rotatable bonds is 4. The Balaban J connectivity index is 0.00000392. The maximum Gasteiger partial charge on any atom is 0.406 e. The van der Waals surface area contributed by atoms with Gasteiger partial charge >= 0.3 is 6.18 Å². The standard InChI is InChI=1S/C16H22F3N5O3.HI/c1-20-15(21-10-13(25)22(2)11-16(17,18)19)24-7-5-23(6-8-24)14(26)12-4-3-9-27-12;/h3-4,9H,5-8,10-11H2,1-2H3,(H,20,21);1H. The number of furan rings is 1. The van der Waals surface area contributed by atoms with E-state index in [4.69, 9.17) is 4.42 Å². The number of likely N-dealkylation sites (N-methyl/N-ethyl adjacent to an activating group) is 1. The van der Waals surface area contributed by atoms with Crippen LogP contribution in [0.4, 0.5) is 13.2 Å². The van der Waals surface area contributed by atoms with Gasteiger partial charge in [-0.15, -0.1) is 24.0 Å². The van der Waals surface area contributed by atoms with Crippen LogP contribution in [-0.2, 0) is 4.79 Å². The van der Waals surface area contributed by atoms with Gasteiger partial charge in [0.25, 0.3) is 5.91 Å². The van der Waals surface area contributed by atoms with Crippen LogP contribution in [0.3, 0.4) is 0 Å². The average Bonchev–Trinajstić information content (AvgIpc) is 3.15. The third-order valence-electron chi connectivity index (χ3n) is 4.05. The zero-order valence-electron chi connectivity index (χ0n) is 15.5. The molecule has 0 radical (unpaired) electrons. The Labute approximate surface area is 177 Å². The van der Waals surface area contributed by atoms with Gasteiger partial charge in [0.05, 0.1) is 12.8 Å². The Bertz CT molecular complexity index is 674. The van der Waals surface area contributed by atoms with Crippen molar-refractivity contribution >= 4 is 41.8 Å². The maximum absolute atomic E-state index is 12.3. The average molecular weight is 517 g/mol. The molecule has 28 heavy (non-hydrogen) atoms. The number of alkyl halides is 3. The Morgan fingerprint density at radius 2 is 1.86 bits per heavy atom. The Morgan fingerprint density at radius 1 is 1.25 bits per heavy atom. The SMILES string of the molecule is CN=C(NCC(=O)N(C)CC(F)(F)F)N1CCN(C(=O)c2ccco2)CC1.I. The molecule has 2 heterocycles. The summed E-state index contributed by atoms with van der Waals surface area (Å²) in [5.74, 6) is -0.232. The van der Waals surface area contributed by atoms with Gasteiger partial charge < -0.3 is 24.4 Å². The Morgan fingerprint density at radius 3 is 2.36 bits per heavy atom. The molecule has 1 aromatic rings. The van der Waals surface area contributed by atoms with Gasteiger partial charge in [-0.05, 0) is 12.1 Å². The minimum absolute atomic E-state index is 0. The van der Waals surface area contributed by atoms with Gasteiger partial charge in [0.2, 0.25) is 5.91 Å². The van der Waals surface area contributed by atoms with Gasteiger partial charge in [-0.25, -0.2) is 0 Å². The first-order chi connectivity index (χ1) is 12.7. The van der Waals surface area contributed by atoms with Crippen molar-refractivity contribution in [3.63, 3.8) is 0 Å². The van der Waals surface area contributed by atoms with Crippen molar-refractivity contribution in [2.45, 2.75) is 6.18 Å². The third kappa shape index (κ3) is 6.87. The molecule has 0 unspecified atom stereocenters. The molecule has 2 amide bonds. The lowest BCUT2D eigenvalue weighted by molar-refractivity contribution is -0.157. The van der Waals surface area contributed by atoms with Crippen LogP contribution in [0.1, 0.15) is 10.6 Å². The van der Waals surface area contributed by atoms with E-state index in [2.05, 4.69) is 10.3 Å². The minimum atomic E-state index is -4.44. The van der Waals surface area contributed by atoms with E-state index in [1.807, 2.05) is 4.90 Å². The molecule has 2 rings (SSSR count). The van der Waals surface area contributed by atoms with Crippen molar-refractivity contribution < 1.29 is 27.2 Å². The molecule has 12 heteroatoms. The molecule has 0 aliphatic carbocycles. The minimum Gasteiger partial charge on any atom is -0.459 e. The summed E-state index contributed by atoms with van der Waals surface area (Å²) in [6.45, 7) is 0.201. The van der Waals surface area contributed by atoms with E-state index < -0.39 is 18.6 Å². The van der Waals surface area contributed by atoms with Gasteiger partial charge in [-0.1, -0.05) is 0 Å². The van der Waals surface area contributed by atoms with E-state index in [1.165, 1.54) is 13.3 Å². The number of nitrogens with one attached hydrogen (secondary N) is 1. The molecule has 0 aromatic carbocycles. The molecule has 1 fully saturated rings. The van der Waals surface area contributed by atoms with Crippen LogP contribution in [0.15, 0.2) is 27.8 Å². The van der Waals surface area contributed by atoms with Gasteiger partial charge in [0, 0.05) is 40.3 Å². The molecule has 8 nitrogen and oxygen atoms in total. The largest absolute Gasteiger partial charge is 0.459 e. The summed E-state index contributed by atoms with van der Waals surface area (Å²) in [6.07, 6.45) is -3.01. The van der Waals surface area contributed by atoms with Crippen molar-refractivity contribution in [2.75, 3.05) is 53.4 Å². The summed E-state index contributed by atoms with van der Waals surface area (Å²) in [5, 5.41) is 2.77. The number of guanidine groups is 1. The number of carbonyl (C=O) groups is 2. The molecule has 0 atom stereocenters. The van der Waals surface area contributed by atoms with Crippen LogP contribution < -0.4 is 5.32 Å². The summed E-state index contributed by atoms with van der Waals surface area (Å²) in [4.78, 5) is 32.2. The molecule has 1 aliphatic rings. The highest BCUT2D eigenvalue weighted by Gasteiger charge is 2.31. The smallest absolute Gasteiger partial charge is 0.406 e. The zero-order valence-corrected chi connectivity index (χ0v) is 17.9. The number of hydrogen-bond donors (Lipinski definition) is 1. The lowest BCUT2D eigenvalue weighted by Crippen LogP contribution is -2.55. The highest BCUT2D eigenvalue weighted by Crippen LogP contribution is 2.15. The van der Waals surface area contributed by atoms with E-state index in [-0.39, 0.29) is 42.2 Å². The number of hydrogen-bond acceptors (Lipinski definition) is 4. The Hall–Kier alpha value is -1.99. The van der Waals surface area contributed by atoms with E-state index in [0.717, 1.165) is 7.05 Å². The lowest BCUT2D eigenvalue weighted by Gasteiger charge is -2.36. The van der Waals surface area contributed by atoms with Crippen LogP contribution in [0.5, 0.6) is 0 Å². The first kappa shape index (κ1) is 24.0. The van der Waals surface area contributed by atoms with E-state index in [9.17, 15) is 22.8 Å². The molecule has 1 aromatic heterocycles. The van der Waals surface area contributed by atoms with Crippen molar-refractivity contribution in [1.82, 2.24) is 20.0 Å². The number of aliphatic imine (C=N–C) groups is 1. The summed E-state index contributed by atoms with van der Waals surface area (Å²) in [5.41, 5.74) is 0. The molecule has 158 valence electrons. The van der Waals surface area contributed by atoms with E-state index >= 15 is 0 Å². The fourth-order valence-corrected chi connectivity index (χ4v) is 2.66. The van der Waals surface area contributed by atoms with Crippen LogP contribution in [0.25, 0.3) is 0 Å². The van der Waals surface area contributed by atoms with Gasteiger partial charge in [0.15, 0.2) is 11.7 Å². The monoisotopic (exact) mass is 517 g/mol. The lowest BCUT2D eigenvalue weighted by atomic mass is 10.3. The first-order valence-corrected chi connectivity index (χ1v) is 8.30. The second-order valence-corrected chi connectivity index (χ2v) is 6.02. The summed E-state index contributed by atoms with van der Waals surface area (Å²) in [6, 6.07) is 3.24. The van der Waals surface area contributed by atoms with Crippen LogP contribution in [-0.4, -0.2) is 92.0 Å². The number of halogens is 4. The number of nitrogens with zero attached hydrogens (tertiary/aromatic N) is 4. The summed E-state index contributed by atoms with van der Waals surface area (Å²) in [7, 11) is 2.62. The molecule has 1 N–H and O–H groups in total. The summed E-state index contributed by atoms with van der Waals surface area (Å²) >= 11 is 0. The topological polar surface area (TPSA) is 81.4 Å². The number of piperazine rings is 1. The van der Waals surface area contributed by atoms with E-state index in [1.54, 1.807) is 17.0 Å². The predicted octanol–water partition coefficient (Wildman–Crippen LogP) is 1.25. The zero-order chi connectivity index (χ0) is 20.0. The van der Waals surface area contributed by atoms with Crippen molar-refractivity contribution in [3.8, 4) is 0 Å².